The lowest BCUT2D eigenvalue weighted by atomic mass is 9.59. The van der Waals surface area contributed by atoms with Crippen molar-refractivity contribution in [1.29, 1.82) is 0 Å². The second kappa shape index (κ2) is 12.4. The van der Waals surface area contributed by atoms with Crippen molar-refractivity contribution in [2.45, 2.75) is 136 Å². The third kappa shape index (κ3) is 5.33. The summed E-state index contributed by atoms with van der Waals surface area (Å²) in [6.07, 6.45) is 10.5. The Labute approximate surface area is 257 Å². The molecule has 0 saturated heterocycles. The molecule has 0 aromatic rings. The lowest BCUT2D eigenvalue weighted by molar-refractivity contribution is -0.230. The van der Waals surface area contributed by atoms with Crippen LogP contribution < -0.4 is 0 Å². The smallest absolute Gasteiger partial charge is 0.309 e. The third-order valence-electron chi connectivity index (χ3n) is 11.5. The van der Waals surface area contributed by atoms with Gasteiger partial charge in [0.05, 0.1) is 18.1 Å². The zero-order chi connectivity index (χ0) is 32.0. The molecule has 4 rings (SSSR count). The summed E-state index contributed by atoms with van der Waals surface area (Å²) in [6.45, 7) is 12.8. The molecule has 9 atom stereocenters. The van der Waals surface area contributed by atoms with Crippen LogP contribution in [-0.2, 0) is 23.9 Å². The second-order valence-corrected chi connectivity index (χ2v) is 14.4. The first-order valence-electron chi connectivity index (χ1n) is 16.6. The Balaban J connectivity index is 1.72. The van der Waals surface area contributed by atoms with Crippen molar-refractivity contribution in [3.05, 3.63) is 23.3 Å². The number of Topliss-reactive ketones (excluding diaryl/α,β-unsaturated/α-hetero) is 1. The van der Waals surface area contributed by atoms with Crippen LogP contribution in [0.2, 0.25) is 0 Å². The van der Waals surface area contributed by atoms with Gasteiger partial charge in [0.15, 0.2) is 11.4 Å². The van der Waals surface area contributed by atoms with E-state index in [1.165, 1.54) is 19.3 Å². The van der Waals surface area contributed by atoms with Crippen LogP contribution in [0.3, 0.4) is 0 Å². The number of carbonyl (C=O) groups is 3. The zero-order valence-corrected chi connectivity index (χ0v) is 27.3. The molecular weight excluding hydrogens is 548 g/mol. The molecule has 0 heterocycles. The molecule has 0 spiro atoms. The van der Waals surface area contributed by atoms with Gasteiger partial charge >= 0.3 is 11.9 Å². The monoisotopic (exact) mass is 602 g/mol. The van der Waals surface area contributed by atoms with E-state index in [1.807, 2.05) is 20.8 Å². The van der Waals surface area contributed by atoms with E-state index in [2.05, 4.69) is 6.92 Å². The van der Waals surface area contributed by atoms with E-state index in [-0.39, 0.29) is 31.3 Å². The minimum atomic E-state index is -1.94. The van der Waals surface area contributed by atoms with Gasteiger partial charge in [-0.1, -0.05) is 92.2 Å². The number of hydrogen-bond donors (Lipinski definition) is 3. The van der Waals surface area contributed by atoms with E-state index < -0.39 is 63.7 Å². The fourth-order valence-corrected chi connectivity index (χ4v) is 8.68. The molecule has 0 amide bonds. The average molecular weight is 603 g/mol. The first-order valence-corrected chi connectivity index (χ1v) is 16.6. The van der Waals surface area contributed by atoms with Gasteiger partial charge in [0.2, 0.25) is 0 Å². The number of ketones is 1. The number of ether oxygens (including phenoxy) is 2. The second-order valence-electron chi connectivity index (χ2n) is 14.4. The molecular formula is C35H54O8. The van der Waals surface area contributed by atoms with Crippen LogP contribution in [0.25, 0.3) is 0 Å². The van der Waals surface area contributed by atoms with Crippen molar-refractivity contribution in [1.82, 2.24) is 0 Å². The van der Waals surface area contributed by atoms with E-state index in [4.69, 9.17) is 9.47 Å². The van der Waals surface area contributed by atoms with Gasteiger partial charge in [0.1, 0.15) is 11.7 Å². The topological polar surface area (TPSA) is 130 Å². The van der Waals surface area contributed by atoms with Gasteiger partial charge in [-0.2, -0.15) is 0 Å². The van der Waals surface area contributed by atoms with Crippen molar-refractivity contribution in [2.24, 2.45) is 35.0 Å². The highest BCUT2D eigenvalue weighted by molar-refractivity contribution is 6.04. The molecule has 8 heteroatoms. The number of rotatable bonds is 13. The maximum absolute atomic E-state index is 13.4. The molecule has 2 saturated carbocycles. The van der Waals surface area contributed by atoms with Gasteiger partial charge < -0.3 is 24.8 Å². The van der Waals surface area contributed by atoms with Crippen molar-refractivity contribution in [3.63, 3.8) is 0 Å². The lowest BCUT2D eigenvalue weighted by Gasteiger charge is -2.53. The van der Waals surface area contributed by atoms with Crippen LogP contribution >= 0.6 is 0 Å². The molecule has 3 N–H and O–H groups in total. The van der Waals surface area contributed by atoms with Gasteiger partial charge in [-0.3, -0.25) is 14.4 Å². The molecule has 4 aliphatic carbocycles. The Hall–Kier alpha value is -2.03. The molecule has 4 aliphatic rings. The quantitative estimate of drug-likeness (QED) is 0.149. The highest BCUT2D eigenvalue weighted by Gasteiger charge is 2.88. The minimum absolute atomic E-state index is 0.109. The van der Waals surface area contributed by atoms with Crippen molar-refractivity contribution in [3.8, 4) is 0 Å². The summed E-state index contributed by atoms with van der Waals surface area (Å²) >= 11 is 0. The van der Waals surface area contributed by atoms with Crippen LogP contribution in [0.1, 0.15) is 113 Å². The Morgan fingerprint density at radius 1 is 1.05 bits per heavy atom. The van der Waals surface area contributed by atoms with Crippen LogP contribution in [0.15, 0.2) is 23.3 Å². The van der Waals surface area contributed by atoms with Crippen molar-refractivity contribution in [2.75, 3.05) is 6.61 Å². The molecule has 0 radical (unpaired) electrons. The Bertz CT molecular complexity index is 1150. The lowest BCUT2D eigenvalue weighted by Crippen LogP contribution is -2.66. The number of hydrogen-bond acceptors (Lipinski definition) is 8. The van der Waals surface area contributed by atoms with Crippen LogP contribution in [0.4, 0.5) is 0 Å². The van der Waals surface area contributed by atoms with E-state index >= 15 is 0 Å². The predicted molar refractivity (Wildman–Crippen MR) is 163 cm³/mol. The van der Waals surface area contributed by atoms with E-state index in [1.54, 1.807) is 32.9 Å². The molecule has 0 aromatic carbocycles. The first-order chi connectivity index (χ1) is 20.2. The number of esters is 2. The highest BCUT2D eigenvalue weighted by Crippen LogP contribution is 2.77. The standard InChI is InChI=1S/C35H54O8/c1-8-10-11-12-13-14-15-16-27(37)42-30-23(5)34(41)25(28-32(6,7)35(28,30)43-31(39)21(3)9-2)18-24(20-36)19-33(40)26(34)17-22(4)29(33)38/h17-18,21,23,25-26,28,30,36,40-41H,8-16,19-20H2,1-7H3/t21?,23?,25?,26?,28?,30-,33?,34?,35-/m1/s1. The highest BCUT2D eigenvalue weighted by atomic mass is 16.6. The molecule has 242 valence electrons. The van der Waals surface area contributed by atoms with Crippen LogP contribution in [-0.4, -0.2) is 62.6 Å². The summed E-state index contributed by atoms with van der Waals surface area (Å²) in [7, 11) is 0. The maximum atomic E-state index is 13.4. The Morgan fingerprint density at radius 3 is 2.28 bits per heavy atom. The Morgan fingerprint density at radius 2 is 1.67 bits per heavy atom. The predicted octanol–water partition coefficient (Wildman–Crippen LogP) is 5.22. The number of aliphatic hydroxyl groups is 3. The summed E-state index contributed by atoms with van der Waals surface area (Å²) in [5, 5.41) is 35.0. The average Bonchev–Trinajstić information content (AvgIpc) is 3.39. The number of unbranched alkanes of at least 4 members (excludes halogenated alkanes) is 6. The molecule has 7 unspecified atom stereocenters. The summed E-state index contributed by atoms with van der Waals surface area (Å²) in [5.41, 5.74) is -4.75. The zero-order valence-electron chi connectivity index (χ0n) is 27.3. The van der Waals surface area contributed by atoms with Gasteiger partial charge in [-0.15, -0.1) is 0 Å². The van der Waals surface area contributed by atoms with Crippen molar-refractivity contribution < 1.29 is 39.2 Å². The van der Waals surface area contributed by atoms with Crippen LogP contribution in [0, 0.1) is 35.0 Å². The van der Waals surface area contributed by atoms with Gasteiger partial charge in [-0.25, -0.2) is 0 Å². The van der Waals surface area contributed by atoms with Crippen molar-refractivity contribution >= 4 is 17.7 Å². The number of fused-ring (bicyclic) bond motifs is 5. The summed E-state index contributed by atoms with van der Waals surface area (Å²) in [6, 6.07) is 0. The fraction of sp³-hybridized carbons (Fsp3) is 0.800. The molecule has 8 nitrogen and oxygen atoms in total. The molecule has 0 aliphatic heterocycles. The Kier molecular flexibility index (Phi) is 9.76. The summed E-state index contributed by atoms with van der Waals surface area (Å²) in [4.78, 5) is 40.1. The fourth-order valence-electron chi connectivity index (χ4n) is 8.68. The summed E-state index contributed by atoms with van der Waals surface area (Å²) in [5.74, 6) is -4.57. The molecule has 43 heavy (non-hydrogen) atoms. The minimum Gasteiger partial charge on any atom is -0.458 e. The van der Waals surface area contributed by atoms with Gasteiger partial charge in [0, 0.05) is 41.9 Å². The number of aliphatic hydroxyl groups excluding tert-OH is 1. The third-order valence-corrected chi connectivity index (χ3v) is 11.5. The SMILES string of the molecule is CCCCCCCCCC(=O)O[C@@H]1C(C)C2(O)C(C=C(CO)CC3(O)C(=O)C(C)=CC32)C2C(C)(C)[C@@]21OC(=O)C(C)CC. The normalized spacial score (nSPS) is 38.1. The van der Waals surface area contributed by atoms with E-state index in [9.17, 15) is 29.7 Å². The van der Waals surface area contributed by atoms with E-state index in [0.29, 0.717) is 24.0 Å². The molecule has 0 aromatic heterocycles. The van der Waals surface area contributed by atoms with Gasteiger partial charge in [0.25, 0.3) is 0 Å². The number of carbonyl (C=O) groups excluding carboxylic acids is 3. The summed E-state index contributed by atoms with van der Waals surface area (Å²) < 4.78 is 12.7. The van der Waals surface area contributed by atoms with E-state index in [0.717, 1.165) is 19.3 Å². The first kappa shape index (κ1) is 33.9. The molecule has 2 fully saturated rings. The largest absolute Gasteiger partial charge is 0.458 e. The molecule has 0 bridgehead atoms. The van der Waals surface area contributed by atoms with Crippen LogP contribution in [0.5, 0.6) is 0 Å². The maximum Gasteiger partial charge on any atom is 0.309 e. The van der Waals surface area contributed by atoms with Gasteiger partial charge in [-0.05, 0) is 30.9 Å².